The Bertz CT molecular complexity index is 1790. The normalized spacial score (nSPS) is 14.8. The third-order valence-electron chi connectivity index (χ3n) is 7.54. The molecule has 5 rings (SSSR count). The number of rotatable bonds is 13. The van der Waals surface area contributed by atoms with Gasteiger partial charge in [0.1, 0.15) is 17.5 Å². The molecule has 4 aromatic rings. The molecule has 1 aliphatic heterocycles. The van der Waals surface area contributed by atoms with E-state index >= 15 is 0 Å². The van der Waals surface area contributed by atoms with Crippen LogP contribution in [0.4, 0.5) is 0 Å². The monoisotopic (exact) mass is 684 g/mol. The van der Waals surface area contributed by atoms with Crippen LogP contribution in [0.25, 0.3) is 10.9 Å². The molecule has 250 valence electrons. The number of nitrogens with one attached hydrogen (secondary N) is 3. The molecule has 2 aromatic carbocycles. The molecule has 13 nitrogen and oxygen atoms in total. The number of ether oxygens (including phenoxy) is 1. The Balaban J connectivity index is 1.19. The quantitative estimate of drug-likeness (QED) is 0.0960. The molecular formula is C32H38ClN6O7P. The van der Waals surface area contributed by atoms with Gasteiger partial charge in [-0.05, 0) is 57.5 Å². The van der Waals surface area contributed by atoms with Gasteiger partial charge >= 0.3 is 13.7 Å². The first-order chi connectivity index (χ1) is 22.4. The Kier molecular flexibility index (Phi) is 10.7. The molecule has 0 aliphatic carbocycles. The second kappa shape index (κ2) is 14.7. The van der Waals surface area contributed by atoms with Crippen molar-refractivity contribution in [2.45, 2.75) is 52.3 Å². The molecule has 0 radical (unpaired) electrons. The molecule has 1 unspecified atom stereocenters. The summed E-state index contributed by atoms with van der Waals surface area (Å²) >= 11 is 6.30. The van der Waals surface area contributed by atoms with Crippen molar-refractivity contribution in [3.63, 3.8) is 0 Å². The van der Waals surface area contributed by atoms with Crippen LogP contribution in [0, 0.1) is 0 Å². The van der Waals surface area contributed by atoms with Crippen LogP contribution in [0.3, 0.4) is 0 Å². The first-order valence-electron chi connectivity index (χ1n) is 15.3. The van der Waals surface area contributed by atoms with Crippen LogP contribution in [0.15, 0.2) is 54.6 Å². The molecule has 1 aliphatic rings. The SMILES string of the molecule is CC(C)OC(=O)[C@H](C)NP(=O)(OCCCN(C)C(=O)c1n[nH]c2c1CN(C(=O)c1cc3c(Cl)cccc3[nH]1)CC2)Oc1ccccc1. The standard InChI is InChI=1S/C32H38ClN6O7P/c1-20(2)45-32(42)21(3)37-47(43,46-22-10-6-5-7-11-22)44-17-9-15-38(4)31(41)29-24-19-39(16-14-27(24)35-36-29)30(40)28-18-23-25(33)12-8-13-26(23)34-28/h5-8,10-13,18,20-21,34H,9,14-17,19H2,1-4H3,(H,35,36)(H,37,43)/t21-,47?/m0/s1. The van der Waals surface area contributed by atoms with Crippen molar-refractivity contribution in [3.05, 3.63) is 82.3 Å². The van der Waals surface area contributed by atoms with E-state index in [0.717, 1.165) is 16.6 Å². The van der Waals surface area contributed by atoms with Gasteiger partial charge in [-0.2, -0.15) is 10.2 Å². The van der Waals surface area contributed by atoms with E-state index in [1.54, 1.807) is 68.3 Å². The second-order valence-electron chi connectivity index (χ2n) is 11.5. The van der Waals surface area contributed by atoms with Crippen molar-refractivity contribution >= 4 is 48.0 Å². The molecule has 3 N–H and O–H groups in total. The Morgan fingerprint density at radius 2 is 1.89 bits per heavy atom. The lowest BCUT2D eigenvalue weighted by atomic mass is 10.0. The number of hydrogen-bond acceptors (Lipinski definition) is 8. The smallest absolute Gasteiger partial charge is 0.459 e. The number of nitrogens with zero attached hydrogens (tertiary/aromatic N) is 3. The molecule has 0 saturated heterocycles. The molecule has 3 heterocycles. The van der Waals surface area contributed by atoms with E-state index in [2.05, 4.69) is 20.3 Å². The van der Waals surface area contributed by atoms with Crippen LogP contribution in [0.5, 0.6) is 5.75 Å². The van der Waals surface area contributed by atoms with E-state index in [-0.39, 0.29) is 43.3 Å². The topological polar surface area (TPSA) is 159 Å². The summed E-state index contributed by atoms with van der Waals surface area (Å²) < 4.78 is 30.2. The van der Waals surface area contributed by atoms with Crippen LogP contribution >= 0.6 is 19.3 Å². The van der Waals surface area contributed by atoms with Gasteiger partial charge in [0.25, 0.3) is 11.8 Å². The fourth-order valence-electron chi connectivity index (χ4n) is 5.15. The molecule has 0 bridgehead atoms. The van der Waals surface area contributed by atoms with Gasteiger partial charge in [0.15, 0.2) is 5.69 Å². The molecular weight excluding hydrogens is 647 g/mol. The number of carbonyl (C=O) groups is 3. The minimum absolute atomic E-state index is 0.0455. The lowest BCUT2D eigenvalue weighted by Crippen LogP contribution is -2.37. The first kappa shape index (κ1) is 34.2. The van der Waals surface area contributed by atoms with Crippen molar-refractivity contribution in [2.75, 3.05) is 26.7 Å². The number of esters is 1. The minimum Gasteiger partial charge on any atom is -0.462 e. The van der Waals surface area contributed by atoms with E-state index in [4.69, 9.17) is 25.4 Å². The summed E-state index contributed by atoms with van der Waals surface area (Å²) in [5.74, 6) is -0.833. The van der Waals surface area contributed by atoms with Gasteiger partial charge in [-0.1, -0.05) is 35.9 Å². The molecule has 0 fully saturated rings. The van der Waals surface area contributed by atoms with Gasteiger partial charge in [0, 0.05) is 53.7 Å². The number of aromatic nitrogens is 3. The molecule has 2 atom stereocenters. The summed E-state index contributed by atoms with van der Waals surface area (Å²) in [6, 6.07) is 14.7. The van der Waals surface area contributed by atoms with Crippen LogP contribution in [0.1, 0.15) is 59.4 Å². The largest absolute Gasteiger partial charge is 0.462 e. The maximum atomic E-state index is 13.7. The zero-order chi connectivity index (χ0) is 33.7. The number of amides is 2. The maximum Gasteiger partial charge on any atom is 0.459 e. The highest BCUT2D eigenvalue weighted by atomic mass is 35.5. The van der Waals surface area contributed by atoms with Gasteiger partial charge in [0.05, 0.1) is 19.3 Å². The summed E-state index contributed by atoms with van der Waals surface area (Å²) in [5, 5.41) is 11.2. The molecule has 0 spiro atoms. The van der Waals surface area contributed by atoms with E-state index in [1.165, 1.54) is 11.8 Å². The van der Waals surface area contributed by atoms with E-state index in [1.807, 2.05) is 12.1 Å². The number of para-hydroxylation sites is 1. The summed E-state index contributed by atoms with van der Waals surface area (Å²) in [6.07, 6.45) is 0.474. The highest BCUT2D eigenvalue weighted by molar-refractivity contribution is 7.52. The van der Waals surface area contributed by atoms with Gasteiger partial charge < -0.3 is 24.0 Å². The van der Waals surface area contributed by atoms with E-state index in [0.29, 0.717) is 41.4 Å². The van der Waals surface area contributed by atoms with Crippen molar-refractivity contribution in [3.8, 4) is 5.75 Å². The number of halogens is 1. The van der Waals surface area contributed by atoms with Crippen molar-refractivity contribution < 1.29 is 32.7 Å². The van der Waals surface area contributed by atoms with Gasteiger partial charge in [0.2, 0.25) is 0 Å². The Morgan fingerprint density at radius 1 is 1.13 bits per heavy atom. The fraction of sp³-hybridized carbons (Fsp3) is 0.375. The Morgan fingerprint density at radius 3 is 2.62 bits per heavy atom. The zero-order valence-corrected chi connectivity index (χ0v) is 28.3. The van der Waals surface area contributed by atoms with Crippen LogP contribution in [-0.2, 0) is 31.6 Å². The lowest BCUT2D eigenvalue weighted by molar-refractivity contribution is -0.149. The van der Waals surface area contributed by atoms with Crippen molar-refractivity contribution in [1.29, 1.82) is 0 Å². The number of aromatic amines is 2. The van der Waals surface area contributed by atoms with Crippen molar-refractivity contribution in [2.24, 2.45) is 0 Å². The maximum absolute atomic E-state index is 13.7. The van der Waals surface area contributed by atoms with Crippen LogP contribution < -0.4 is 9.61 Å². The first-order valence-corrected chi connectivity index (χ1v) is 17.2. The average molecular weight is 685 g/mol. The molecule has 2 amide bonds. The predicted octanol–water partition coefficient (Wildman–Crippen LogP) is 5.34. The minimum atomic E-state index is -4.02. The average Bonchev–Trinajstić information content (AvgIpc) is 3.67. The van der Waals surface area contributed by atoms with E-state index in [9.17, 15) is 18.9 Å². The summed E-state index contributed by atoms with van der Waals surface area (Å²) in [5.41, 5.74) is 2.89. The third-order valence-corrected chi connectivity index (χ3v) is 9.54. The van der Waals surface area contributed by atoms with Gasteiger partial charge in [-0.15, -0.1) is 0 Å². The number of fused-ring (bicyclic) bond motifs is 2. The van der Waals surface area contributed by atoms with Gasteiger partial charge in [-0.25, -0.2) is 4.57 Å². The Labute approximate surface area is 277 Å². The number of hydrogen-bond donors (Lipinski definition) is 3. The number of benzene rings is 2. The molecule has 47 heavy (non-hydrogen) atoms. The zero-order valence-electron chi connectivity index (χ0n) is 26.6. The summed E-state index contributed by atoms with van der Waals surface area (Å²) in [7, 11) is -2.39. The second-order valence-corrected chi connectivity index (χ2v) is 13.6. The van der Waals surface area contributed by atoms with Gasteiger partial charge in [-0.3, -0.25) is 24.0 Å². The summed E-state index contributed by atoms with van der Waals surface area (Å²) in [4.78, 5) is 45.5. The lowest BCUT2D eigenvalue weighted by Gasteiger charge is -2.27. The third kappa shape index (κ3) is 8.23. The Hall–Kier alpha value is -4.16. The fourth-order valence-corrected chi connectivity index (χ4v) is 6.91. The molecule has 15 heteroatoms. The molecule has 0 saturated carbocycles. The van der Waals surface area contributed by atoms with Crippen LogP contribution in [-0.4, -0.2) is 81.7 Å². The summed E-state index contributed by atoms with van der Waals surface area (Å²) in [6.45, 7) is 5.83. The van der Waals surface area contributed by atoms with E-state index < -0.39 is 19.8 Å². The highest BCUT2D eigenvalue weighted by Crippen LogP contribution is 2.45. The number of H-pyrrole nitrogens is 2. The van der Waals surface area contributed by atoms with Crippen LogP contribution in [0.2, 0.25) is 5.02 Å². The predicted molar refractivity (Wildman–Crippen MR) is 176 cm³/mol. The highest BCUT2D eigenvalue weighted by Gasteiger charge is 2.33. The molecule has 2 aromatic heterocycles. The number of carbonyl (C=O) groups excluding carboxylic acids is 3. The van der Waals surface area contributed by atoms with Crippen molar-refractivity contribution in [1.82, 2.24) is 30.1 Å².